The molecule has 2 aromatic rings. The van der Waals surface area contributed by atoms with E-state index >= 15 is 0 Å². The Bertz CT molecular complexity index is 757. The molecule has 0 atom stereocenters. The van der Waals surface area contributed by atoms with Crippen molar-refractivity contribution in [2.24, 2.45) is 0 Å². The molecule has 5 nitrogen and oxygen atoms in total. The Morgan fingerprint density at radius 2 is 1.84 bits per heavy atom. The number of carbonyl (C=O) groups is 1. The molecule has 0 saturated heterocycles. The molecule has 0 unspecified atom stereocenters. The molecule has 1 heterocycles. The van der Waals surface area contributed by atoms with Gasteiger partial charge in [0.05, 0.1) is 13.5 Å². The number of methoxy groups -OCH3 is 1. The van der Waals surface area contributed by atoms with Crippen molar-refractivity contribution in [3.8, 4) is 17.2 Å². The maximum absolute atomic E-state index is 12.2. The van der Waals surface area contributed by atoms with Gasteiger partial charge in [0, 0.05) is 12.1 Å². The molecule has 1 aliphatic heterocycles. The van der Waals surface area contributed by atoms with Crippen molar-refractivity contribution in [1.82, 2.24) is 5.32 Å². The summed E-state index contributed by atoms with van der Waals surface area (Å²) in [6, 6.07) is 11.6. The molecule has 0 radical (unpaired) electrons. The van der Waals surface area contributed by atoms with Crippen molar-refractivity contribution in [3.05, 3.63) is 53.1 Å². The van der Waals surface area contributed by atoms with Gasteiger partial charge in [-0.15, -0.1) is 0 Å². The van der Waals surface area contributed by atoms with Crippen LogP contribution in [0, 0.1) is 6.92 Å². The average molecular weight is 341 g/mol. The second kappa shape index (κ2) is 7.92. The van der Waals surface area contributed by atoms with E-state index in [1.165, 1.54) is 0 Å². The molecule has 25 heavy (non-hydrogen) atoms. The van der Waals surface area contributed by atoms with E-state index < -0.39 is 0 Å². The first-order valence-corrected chi connectivity index (χ1v) is 8.45. The summed E-state index contributed by atoms with van der Waals surface area (Å²) >= 11 is 0. The average Bonchev–Trinajstić information content (AvgIpc) is 2.62. The number of benzene rings is 2. The maximum Gasteiger partial charge on any atom is 0.224 e. The van der Waals surface area contributed by atoms with Crippen LogP contribution in [0.3, 0.4) is 0 Å². The van der Waals surface area contributed by atoms with E-state index in [-0.39, 0.29) is 5.91 Å². The van der Waals surface area contributed by atoms with Gasteiger partial charge >= 0.3 is 0 Å². The molecule has 0 spiro atoms. The zero-order chi connectivity index (χ0) is 17.6. The largest absolute Gasteiger partial charge is 0.496 e. The van der Waals surface area contributed by atoms with Crippen LogP contribution in [0.1, 0.15) is 16.7 Å². The van der Waals surface area contributed by atoms with Gasteiger partial charge in [-0.1, -0.05) is 18.2 Å². The van der Waals surface area contributed by atoms with Gasteiger partial charge in [0.25, 0.3) is 0 Å². The van der Waals surface area contributed by atoms with Crippen molar-refractivity contribution >= 4 is 5.91 Å². The van der Waals surface area contributed by atoms with Crippen molar-refractivity contribution in [2.45, 2.75) is 19.8 Å². The Morgan fingerprint density at radius 1 is 1.12 bits per heavy atom. The Morgan fingerprint density at radius 3 is 2.60 bits per heavy atom. The highest BCUT2D eigenvalue weighted by Crippen LogP contribution is 2.33. The van der Waals surface area contributed by atoms with Crippen LogP contribution in [0.15, 0.2) is 36.4 Å². The van der Waals surface area contributed by atoms with Crippen LogP contribution in [0.25, 0.3) is 0 Å². The molecule has 0 fully saturated rings. The second-order valence-corrected chi connectivity index (χ2v) is 6.01. The third-order valence-corrected chi connectivity index (χ3v) is 4.26. The third-order valence-electron chi connectivity index (χ3n) is 4.26. The number of hydrogen-bond acceptors (Lipinski definition) is 4. The van der Waals surface area contributed by atoms with Gasteiger partial charge in [-0.25, -0.2) is 0 Å². The van der Waals surface area contributed by atoms with Crippen molar-refractivity contribution in [3.63, 3.8) is 0 Å². The summed E-state index contributed by atoms with van der Waals surface area (Å²) in [7, 11) is 1.61. The Labute approximate surface area is 147 Å². The normalized spacial score (nSPS) is 12.6. The van der Waals surface area contributed by atoms with Crippen molar-refractivity contribution < 1.29 is 19.0 Å². The Hall–Kier alpha value is -2.69. The Balaban J connectivity index is 1.55. The fourth-order valence-corrected chi connectivity index (χ4v) is 2.92. The molecule has 0 aromatic heterocycles. The lowest BCUT2D eigenvalue weighted by molar-refractivity contribution is -0.120. The number of hydrogen-bond donors (Lipinski definition) is 1. The fourth-order valence-electron chi connectivity index (χ4n) is 2.92. The number of carbonyl (C=O) groups excluding carboxylic acids is 1. The summed E-state index contributed by atoms with van der Waals surface area (Å²) in [5.41, 5.74) is 3.18. The lowest BCUT2D eigenvalue weighted by atomic mass is 10.0. The molecule has 0 aliphatic carbocycles. The molecule has 0 bridgehead atoms. The van der Waals surface area contributed by atoms with E-state index in [0.717, 1.165) is 40.4 Å². The number of rotatable bonds is 6. The lowest BCUT2D eigenvalue weighted by Crippen LogP contribution is -2.27. The minimum Gasteiger partial charge on any atom is -0.496 e. The van der Waals surface area contributed by atoms with Gasteiger partial charge in [-0.2, -0.15) is 0 Å². The van der Waals surface area contributed by atoms with E-state index in [2.05, 4.69) is 5.32 Å². The van der Waals surface area contributed by atoms with E-state index in [1.807, 2.05) is 43.3 Å². The second-order valence-electron chi connectivity index (χ2n) is 6.01. The third kappa shape index (κ3) is 4.24. The molecular weight excluding hydrogens is 318 g/mol. The summed E-state index contributed by atoms with van der Waals surface area (Å²) in [4.78, 5) is 12.2. The summed E-state index contributed by atoms with van der Waals surface area (Å²) in [6.07, 6.45) is 1.06. The maximum atomic E-state index is 12.2. The number of nitrogens with one attached hydrogen (secondary N) is 1. The van der Waals surface area contributed by atoms with E-state index in [4.69, 9.17) is 14.2 Å². The molecule has 132 valence electrons. The minimum absolute atomic E-state index is 0.0142. The van der Waals surface area contributed by atoms with E-state index in [1.54, 1.807) is 7.11 Å². The van der Waals surface area contributed by atoms with Crippen molar-refractivity contribution in [1.29, 1.82) is 0 Å². The monoisotopic (exact) mass is 341 g/mol. The number of fused-ring (bicyclic) bond motifs is 1. The first kappa shape index (κ1) is 17.1. The first-order valence-electron chi connectivity index (χ1n) is 8.45. The summed E-state index contributed by atoms with van der Waals surface area (Å²) in [6.45, 7) is 3.79. The van der Waals surface area contributed by atoms with Gasteiger partial charge in [-0.05, 0) is 42.7 Å². The van der Waals surface area contributed by atoms with Crippen LogP contribution >= 0.6 is 0 Å². The lowest BCUT2D eigenvalue weighted by Gasteiger charge is -2.20. The predicted octanol–water partition coefficient (Wildman–Crippen LogP) is 2.68. The summed E-state index contributed by atoms with van der Waals surface area (Å²) in [5.74, 6) is 2.31. The highest BCUT2D eigenvalue weighted by molar-refractivity contribution is 5.79. The SMILES string of the molecule is COc1ccccc1CC(=O)NCCc1cc2c(cc1C)OCCO2. The minimum atomic E-state index is -0.0142. The molecule has 5 heteroatoms. The van der Waals surface area contributed by atoms with Gasteiger partial charge in [-0.3, -0.25) is 4.79 Å². The van der Waals surface area contributed by atoms with Gasteiger partial charge in [0.2, 0.25) is 5.91 Å². The topological polar surface area (TPSA) is 56.8 Å². The highest BCUT2D eigenvalue weighted by Gasteiger charge is 2.14. The molecule has 1 aliphatic rings. The van der Waals surface area contributed by atoms with Crippen LogP contribution < -0.4 is 19.5 Å². The van der Waals surface area contributed by atoms with Gasteiger partial charge in [0.15, 0.2) is 11.5 Å². The zero-order valence-corrected chi connectivity index (χ0v) is 14.6. The number of ether oxygens (including phenoxy) is 3. The van der Waals surface area contributed by atoms with Gasteiger partial charge in [0.1, 0.15) is 19.0 Å². The first-order chi connectivity index (χ1) is 12.2. The van der Waals surface area contributed by atoms with Crippen LogP contribution in [-0.4, -0.2) is 32.8 Å². The summed E-state index contributed by atoms with van der Waals surface area (Å²) in [5, 5.41) is 2.97. The van der Waals surface area contributed by atoms with Crippen LogP contribution in [0.2, 0.25) is 0 Å². The molecular formula is C20H23NO4. The number of aryl methyl sites for hydroxylation is 1. The van der Waals surface area contributed by atoms with Crippen LogP contribution in [-0.2, 0) is 17.6 Å². The predicted molar refractivity (Wildman–Crippen MR) is 95.6 cm³/mol. The number of para-hydroxylation sites is 1. The molecule has 0 saturated carbocycles. The Kier molecular flexibility index (Phi) is 5.43. The van der Waals surface area contributed by atoms with E-state index in [0.29, 0.717) is 26.2 Å². The fraction of sp³-hybridized carbons (Fsp3) is 0.350. The molecule has 1 N–H and O–H groups in total. The van der Waals surface area contributed by atoms with Crippen LogP contribution in [0.5, 0.6) is 17.2 Å². The smallest absolute Gasteiger partial charge is 0.224 e. The van der Waals surface area contributed by atoms with Crippen molar-refractivity contribution in [2.75, 3.05) is 26.9 Å². The zero-order valence-electron chi connectivity index (χ0n) is 14.6. The van der Waals surface area contributed by atoms with Gasteiger partial charge < -0.3 is 19.5 Å². The molecule has 2 aromatic carbocycles. The number of amides is 1. The standard InChI is InChI=1S/C20H23NO4/c1-14-11-18-19(25-10-9-24-18)12-15(14)7-8-21-20(22)13-16-5-3-4-6-17(16)23-2/h3-6,11-12H,7-10,13H2,1-2H3,(H,21,22). The van der Waals surface area contributed by atoms with Crippen LogP contribution in [0.4, 0.5) is 0 Å². The molecule has 3 rings (SSSR count). The van der Waals surface area contributed by atoms with E-state index in [9.17, 15) is 4.79 Å². The molecule has 1 amide bonds. The quantitative estimate of drug-likeness (QED) is 0.878. The summed E-state index contributed by atoms with van der Waals surface area (Å²) < 4.78 is 16.5. The highest BCUT2D eigenvalue weighted by atomic mass is 16.6.